The molecule has 2 nitrogen and oxygen atoms in total. The molecular formula is C62H37BN2. The molecule has 0 spiro atoms. The van der Waals surface area contributed by atoms with Crippen LogP contribution in [0.2, 0.25) is 0 Å². The van der Waals surface area contributed by atoms with E-state index in [9.17, 15) is 11.0 Å². The lowest BCUT2D eigenvalue weighted by Gasteiger charge is -2.44. The van der Waals surface area contributed by atoms with Gasteiger partial charge in [-0.2, -0.15) is 0 Å². The van der Waals surface area contributed by atoms with E-state index in [0.717, 1.165) is 64.6 Å². The standard InChI is InChI=1S/C62H37BN2/c1-3-18-40-36-58-52(34-38(40)16-1)63-53-35-39-17-2-4-19-41(39)37-59(53)65(55-31-14-29-51-47-23-8-6-21-43(47)45-25-10-12-27-49(45)61(51)55)57-33-15-32-56(62(57)63)64(58)54-30-13-28-50-46-22-7-5-20-42(46)44-24-9-11-26-48(44)60(50)54/h1-37H/i1D,2D,3D,4D,16D,17D,18D,19D,34D,35D,36D,37D. The van der Waals surface area contributed by atoms with Gasteiger partial charge in [0.1, 0.15) is 0 Å². The summed E-state index contributed by atoms with van der Waals surface area (Å²) >= 11 is 0. The van der Waals surface area contributed by atoms with E-state index in [-0.39, 0.29) is 68.0 Å². The minimum atomic E-state index is -1.20. The summed E-state index contributed by atoms with van der Waals surface area (Å²) in [5.74, 6) is 0. The summed E-state index contributed by atoms with van der Waals surface area (Å²) in [5, 5.41) is 10.7. The van der Waals surface area contributed by atoms with Crippen LogP contribution < -0.4 is 26.2 Å². The molecule has 298 valence electrons. The van der Waals surface area contributed by atoms with Crippen molar-refractivity contribution in [1.82, 2.24) is 0 Å². The number of anilines is 6. The zero-order chi connectivity index (χ0) is 52.8. The maximum absolute atomic E-state index is 10.5. The highest BCUT2D eigenvalue weighted by Crippen LogP contribution is 2.51. The van der Waals surface area contributed by atoms with Crippen molar-refractivity contribution in [3.05, 3.63) is 224 Å². The van der Waals surface area contributed by atoms with Crippen LogP contribution in [0.5, 0.6) is 0 Å². The van der Waals surface area contributed by atoms with Crippen LogP contribution in [0.4, 0.5) is 34.1 Å². The quantitative estimate of drug-likeness (QED) is 0.126. The second-order valence-electron chi connectivity index (χ2n) is 16.9. The van der Waals surface area contributed by atoms with Gasteiger partial charge in [0.05, 0.1) is 27.8 Å². The number of benzene rings is 13. The van der Waals surface area contributed by atoms with Crippen molar-refractivity contribution < 1.29 is 16.4 Å². The van der Waals surface area contributed by atoms with Crippen LogP contribution in [0.15, 0.2) is 224 Å². The highest BCUT2D eigenvalue weighted by Gasteiger charge is 2.44. The fourth-order valence-corrected chi connectivity index (χ4v) is 11.2. The SMILES string of the molecule is [2H]c1c([2H])c([2H])c2c([2H])c3c(c([2H])c2c1[2H])B1c2c(cccc2N(c2cccc4c5ccccc5c5ccccc5c24)c2c1c([2H])c1c([2H])c([2H])c([2H])c([2H])c1c2[2H])N3c1cccc2c3ccccc3c3ccccc3c12. The monoisotopic (exact) mass is 832 g/mol. The molecule has 2 aliphatic heterocycles. The Bertz CT molecular complexity index is 4550. The Hall–Kier alpha value is -8.40. The Kier molecular flexibility index (Phi) is 5.16. The van der Waals surface area contributed by atoms with Gasteiger partial charge in [0.2, 0.25) is 0 Å². The molecule has 13 aromatic carbocycles. The van der Waals surface area contributed by atoms with Crippen LogP contribution in [0, 0.1) is 0 Å². The minimum absolute atomic E-state index is 0.146. The average Bonchev–Trinajstić information content (AvgIpc) is 3.59. The molecule has 0 bridgehead atoms. The molecule has 0 saturated heterocycles. The lowest BCUT2D eigenvalue weighted by Crippen LogP contribution is -2.61. The maximum Gasteiger partial charge on any atom is 0.252 e. The van der Waals surface area contributed by atoms with Crippen molar-refractivity contribution >= 4 is 143 Å². The molecule has 0 unspecified atom stereocenters. The predicted octanol–water partition coefficient (Wildman–Crippen LogP) is 15.0. The first-order chi connectivity index (χ1) is 37.3. The lowest BCUT2D eigenvalue weighted by molar-refractivity contribution is 1.27. The van der Waals surface area contributed by atoms with Gasteiger partial charge in [-0.15, -0.1) is 0 Å². The summed E-state index contributed by atoms with van der Waals surface area (Å²) in [6, 6.07) is 45.1. The Morgan fingerprint density at radius 1 is 0.292 bits per heavy atom. The lowest BCUT2D eigenvalue weighted by atomic mass is 9.33. The van der Waals surface area contributed by atoms with E-state index in [1.165, 1.54) is 0 Å². The largest absolute Gasteiger partial charge is 0.311 e. The third-order valence-corrected chi connectivity index (χ3v) is 13.7. The third kappa shape index (κ3) is 4.74. The molecule has 0 fully saturated rings. The highest BCUT2D eigenvalue weighted by atomic mass is 15.2. The van der Waals surface area contributed by atoms with Crippen LogP contribution in [-0.4, -0.2) is 6.71 Å². The summed E-state index contributed by atoms with van der Waals surface area (Å²) in [6.07, 6.45) is 0. The van der Waals surface area contributed by atoms with Crippen LogP contribution in [-0.2, 0) is 0 Å². The van der Waals surface area contributed by atoms with Crippen LogP contribution in [0.1, 0.15) is 16.4 Å². The fourth-order valence-electron chi connectivity index (χ4n) is 11.2. The Labute approximate surface area is 392 Å². The number of nitrogens with zero attached hydrogens (tertiary/aromatic N) is 2. The zero-order valence-corrected chi connectivity index (χ0v) is 34.4. The van der Waals surface area contributed by atoms with E-state index in [1.807, 2.05) is 101 Å². The molecule has 13 aromatic rings. The van der Waals surface area contributed by atoms with Crippen molar-refractivity contribution in [2.75, 3.05) is 9.80 Å². The molecule has 0 amide bonds. The number of hydrogen-bond acceptors (Lipinski definition) is 2. The molecule has 3 heteroatoms. The topological polar surface area (TPSA) is 6.48 Å². The molecule has 15 rings (SSSR count). The second kappa shape index (κ2) is 13.1. The van der Waals surface area contributed by atoms with Crippen molar-refractivity contribution in [1.29, 1.82) is 0 Å². The van der Waals surface area contributed by atoms with Crippen LogP contribution >= 0.6 is 0 Å². The van der Waals surface area contributed by atoms with Gasteiger partial charge in [0, 0.05) is 33.5 Å². The van der Waals surface area contributed by atoms with Crippen molar-refractivity contribution in [3.63, 3.8) is 0 Å². The Morgan fingerprint density at radius 3 is 0.969 bits per heavy atom. The van der Waals surface area contributed by atoms with Gasteiger partial charge in [-0.1, -0.05) is 188 Å². The fraction of sp³-hybridized carbons (Fsp3) is 0. The van der Waals surface area contributed by atoms with E-state index < -0.39 is 55.1 Å². The van der Waals surface area contributed by atoms with Crippen molar-refractivity contribution in [2.24, 2.45) is 0 Å². The first kappa shape index (κ1) is 25.6. The van der Waals surface area contributed by atoms with Crippen LogP contribution in [0.25, 0.3) is 86.2 Å². The molecule has 0 saturated carbocycles. The van der Waals surface area contributed by atoms with Gasteiger partial charge in [0.25, 0.3) is 6.71 Å². The summed E-state index contributed by atoms with van der Waals surface area (Å²) in [6.45, 7) is -1.20. The Balaban J connectivity index is 1.19. The molecule has 65 heavy (non-hydrogen) atoms. The smallest absolute Gasteiger partial charge is 0.252 e. The predicted molar refractivity (Wildman–Crippen MR) is 281 cm³/mol. The van der Waals surface area contributed by atoms with E-state index in [4.69, 9.17) is 5.48 Å². The van der Waals surface area contributed by atoms with Crippen molar-refractivity contribution in [3.8, 4) is 0 Å². The first-order valence-corrected chi connectivity index (χ1v) is 21.7. The summed E-state index contributed by atoms with van der Waals surface area (Å²) < 4.78 is 115. The van der Waals surface area contributed by atoms with Gasteiger partial charge in [0.15, 0.2) is 0 Å². The summed E-state index contributed by atoms with van der Waals surface area (Å²) in [7, 11) is 0. The highest BCUT2D eigenvalue weighted by molar-refractivity contribution is 7.00. The van der Waals surface area contributed by atoms with Gasteiger partial charge >= 0.3 is 0 Å². The minimum Gasteiger partial charge on any atom is -0.311 e. The molecule has 2 heterocycles. The molecule has 0 radical (unpaired) electrons. The van der Waals surface area contributed by atoms with E-state index in [2.05, 4.69) is 60.7 Å². The number of hydrogen-bond donors (Lipinski definition) is 0. The molecule has 0 aliphatic carbocycles. The van der Waals surface area contributed by atoms with Gasteiger partial charge in [-0.05, 0) is 128 Å². The third-order valence-electron chi connectivity index (χ3n) is 13.7. The average molecular weight is 833 g/mol. The van der Waals surface area contributed by atoms with Crippen molar-refractivity contribution in [2.45, 2.75) is 0 Å². The first-order valence-electron chi connectivity index (χ1n) is 27.7. The van der Waals surface area contributed by atoms with E-state index in [1.54, 1.807) is 0 Å². The molecular weight excluding hydrogens is 784 g/mol. The maximum atomic E-state index is 10.5. The summed E-state index contributed by atoms with van der Waals surface area (Å²) in [4.78, 5) is 3.89. The Morgan fingerprint density at radius 2 is 0.585 bits per heavy atom. The number of fused-ring (bicyclic) bond motifs is 18. The molecule has 0 N–H and O–H groups in total. The summed E-state index contributed by atoms with van der Waals surface area (Å²) in [5.41, 5.74) is 3.52. The second-order valence-corrected chi connectivity index (χ2v) is 16.9. The van der Waals surface area contributed by atoms with Gasteiger partial charge in [-0.25, -0.2) is 0 Å². The van der Waals surface area contributed by atoms with Crippen LogP contribution in [0.3, 0.4) is 0 Å². The normalized spacial score (nSPS) is 15.7. The zero-order valence-electron chi connectivity index (χ0n) is 46.4. The van der Waals surface area contributed by atoms with Gasteiger partial charge < -0.3 is 9.80 Å². The molecule has 0 aromatic heterocycles. The van der Waals surface area contributed by atoms with E-state index >= 15 is 0 Å². The van der Waals surface area contributed by atoms with Gasteiger partial charge in [-0.3, -0.25) is 0 Å². The number of rotatable bonds is 2. The molecule has 0 atom stereocenters. The van der Waals surface area contributed by atoms with E-state index in [0.29, 0.717) is 28.2 Å². The molecule has 2 aliphatic rings.